The number of anilines is 1. The Kier molecular flexibility index (Phi) is 2.53. The van der Waals surface area contributed by atoms with Gasteiger partial charge in [0.2, 0.25) is 5.95 Å². The second-order valence-electron chi connectivity index (χ2n) is 3.89. The topological polar surface area (TPSA) is 66.3 Å². The Bertz CT molecular complexity index is 381. The van der Waals surface area contributed by atoms with Crippen molar-refractivity contribution in [2.24, 2.45) is 5.92 Å². The van der Waals surface area contributed by atoms with Crippen LogP contribution in [0.5, 0.6) is 0 Å². The summed E-state index contributed by atoms with van der Waals surface area (Å²) in [5.74, 6) is 0.146. The highest BCUT2D eigenvalue weighted by Crippen LogP contribution is 2.19. The third-order valence-corrected chi connectivity index (χ3v) is 2.57. The molecule has 1 fully saturated rings. The van der Waals surface area contributed by atoms with Crippen molar-refractivity contribution >= 4 is 11.9 Å². The fourth-order valence-electron chi connectivity index (χ4n) is 1.74. The Morgan fingerprint density at radius 3 is 3.07 bits per heavy atom. The van der Waals surface area contributed by atoms with E-state index in [9.17, 15) is 4.79 Å². The maximum atomic E-state index is 10.7. The first-order valence-electron chi connectivity index (χ1n) is 4.98. The van der Waals surface area contributed by atoms with Gasteiger partial charge in [-0.15, -0.1) is 0 Å². The van der Waals surface area contributed by atoms with Crippen molar-refractivity contribution in [1.29, 1.82) is 0 Å². The van der Waals surface area contributed by atoms with E-state index < -0.39 is 5.97 Å². The molecule has 2 heterocycles. The summed E-state index contributed by atoms with van der Waals surface area (Å²) in [4.78, 5) is 20.8. The van der Waals surface area contributed by atoms with E-state index in [2.05, 4.69) is 16.9 Å². The molecule has 5 nitrogen and oxygen atoms in total. The largest absolute Gasteiger partial charge is 0.477 e. The normalized spacial score (nSPS) is 20.6. The summed E-state index contributed by atoms with van der Waals surface area (Å²) in [5, 5.41) is 8.80. The van der Waals surface area contributed by atoms with Gasteiger partial charge < -0.3 is 10.0 Å². The molecule has 0 amide bonds. The van der Waals surface area contributed by atoms with Crippen LogP contribution in [-0.2, 0) is 0 Å². The molecule has 1 atom stereocenters. The van der Waals surface area contributed by atoms with Gasteiger partial charge in [-0.3, -0.25) is 0 Å². The minimum Gasteiger partial charge on any atom is -0.477 e. The molecule has 1 aromatic heterocycles. The number of aromatic carboxylic acids is 1. The van der Waals surface area contributed by atoms with E-state index in [0.717, 1.165) is 19.5 Å². The van der Waals surface area contributed by atoms with Crippen molar-refractivity contribution in [3.8, 4) is 0 Å². The zero-order valence-corrected chi connectivity index (χ0v) is 8.55. The van der Waals surface area contributed by atoms with Gasteiger partial charge in [0.1, 0.15) is 0 Å². The van der Waals surface area contributed by atoms with E-state index in [1.807, 2.05) is 4.90 Å². The highest BCUT2D eigenvalue weighted by Gasteiger charge is 2.21. The van der Waals surface area contributed by atoms with Gasteiger partial charge in [0, 0.05) is 19.3 Å². The lowest BCUT2D eigenvalue weighted by molar-refractivity contribution is 0.0690. The molecule has 2 rings (SSSR count). The van der Waals surface area contributed by atoms with Crippen LogP contribution in [0.2, 0.25) is 0 Å². The summed E-state index contributed by atoms with van der Waals surface area (Å²) < 4.78 is 0. The number of hydrogen-bond donors (Lipinski definition) is 1. The maximum absolute atomic E-state index is 10.7. The zero-order chi connectivity index (χ0) is 10.8. The van der Waals surface area contributed by atoms with E-state index in [1.165, 1.54) is 12.3 Å². The van der Waals surface area contributed by atoms with Crippen molar-refractivity contribution in [2.75, 3.05) is 18.0 Å². The molecular formula is C10H13N3O2. The van der Waals surface area contributed by atoms with Crippen molar-refractivity contribution in [1.82, 2.24) is 9.97 Å². The molecule has 0 bridgehead atoms. The van der Waals surface area contributed by atoms with Crippen molar-refractivity contribution in [3.63, 3.8) is 0 Å². The molecule has 1 aromatic rings. The first-order chi connectivity index (χ1) is 7.16. The maximum Gasteiger partial charge on any atom is 0.354 e. The van der Waals surface area contributed by atoms with Gasteiger partial charge in [0.05, 0.1) is 0 Å². The first kappa shape index (κ1) is 9.89. The quantitative estimate of drug-likeness (QED) is 0.784. The van der Waals surface area contributed by atoms with Gasteiger partial charge in [-0.05, 0) is 18.4 Å². The number of carbonyl (C=O) groups is 1. The second kappa shape index (κ2) is 3.84. The summed E-state index contributed by atoms with van der Waals surface area (Å²) in [6, 6.07) is 1.41. The monoisotopic (exact) mass is 207 g/mol. The van der Waals surface area contributed by atoms with E-state index in [1.54, 1.807) is 0 Å². The lowest BCUT2D eigenvalue weighted by Crippen LogP contribution is -2.22. The van der Waals surface area contributed by atoms with Crippen LogP contribution in [-0.4, -0.2) is 34.1 Å². The van der Waals surface area contributed by atoms with Crippen molar-refractivity contribution < 1.29 is 9.90 Å². The van der Waals surface area contributed by atoms with Crippen LogP contribution in [0.3, 0.4) is 0 Å². The summed E-state index contributed by atoms with van der Waals surface area (Å²) in [7, 11) is 0. The van der Waals surface area contributed by atoms with Crippen LogP contribution in [0.15, 0.2) is 12.3 Å². The highest BCUT2D eigenvalue weighted by molar-refractivity contribution is 5.85. The average molecular weight is 207 g/mol. The van der Waals surface area contributed by atoms with Gasteiger partial charge >= 0.3 is 5.97 Å². The van der Waals surface area contributed by atoms with Crippen LogP contribution >= 0.6 is 0 Å². The Hall–Kier alpha value is -1.65. The molecule has 5 heteroatoms. The van der Waals surface area contributed by atoms with Crippen LogP contribution in [0.1, 0.15) is 23.8 Å². The molecule has 1 saturated heterocycles. The molecule has 1 aliphatic rings. The highest BCUT2D eigenvalue weighted by atomic mass is 16.4. The van der Waals surface area contributed by atoms with Gasteiger partial charge in [0.25, 0.3) is 0 Å². The number of rotatable bonds is 2. The SMILES string of the molecule is CC1CCN(c2nccc(C(=O)O)n2)C1. The first-order valence-corrected chi connectivity index (χ1v) is 4.98. The van der Waals surface area contributed by atoms with E-state index >= 15 is 0 Å². The number of nitrogens with zero attached hydrogens (tertiary/aromatic N) is 3. The van der Waals surface area contributed by atoms with Crippen LogP contribution < -0.4 is 4.90 Å². The molecule has 0 spiro atoms. The van der Waals surface area contributed by atoms with Crippen LogP contribution in [0.4, 0.5) is 5.95 Å². The molecule has 0 saturated carbocycles. The van der Waals surface area contributed by atoms with Gasteiger partial charge in [-0.25, -0.2) is 14.8 Å². The Balaban J connectivity index is 2.21. The van der Waals surface area contributed by atoms with Gasteiger partial charge in [0.15, 0.2) is 5.69 Å². The molecule has 1 aliphatic heterocycles. The molecule has 0 aliphatic carbocycles. The van der Waals surface area contributed by atoms with Crippen LogP contribution in [0, 0.1) is 5.92 Å². The third kappa shape index (κ3) is 2.06. The minimum absolute atomic E-state index is 0.0551. The number of carboxylic acids is 1. The second-order valence-corrected chi connectivity index (χ2v) is 3.89. The van der Waals surface area contributed by atoms with Gasteiger partial charge in [-0.1, -0.05) is 6.92 Å². The average Bonchev–Trinajstić information content (AvgIpc) is 2.65. The van der Waals surface area contributed by atoms with Crippen molar-refractivity contribution in [3.05, 3.63) is 18.0 Å². The van der Waals surface area contributed by atoms with E-state index in [4.69, 9.17) is 5.11 Å². The molecule has 0 aromatic carbocycles. The molecule has 1 N–H and O–H groups in total. The third-order valence-electron chi connectivity index (χ3n) is 2.57. The lowest BCUT2D eigenvalue weighted by atomic mass is 10.2. The van der Waals surface area contributed by atoms with Crippen molar-refractivity contribution in [2.45, 2.75) is 13.3 Å². The fourth-order valence-corrected chi connectivity index (χ4v) is 1.74. The lowest BCUT2D eigenvalue weighted by Gasteiger charge is -2.15. The number of hydrogen-bond acceptors (Lipinski definition) is 4. The Morgan fingerprint density at radius 1 is 1.67 bits per heavy atom. The molecular weight excluding hydrogens is 194 g/mol. The number of carboxylic acid groups (broad SMARTS) is 1. The predicted octanol–water partition coefficient (Wildman–Crippen LogP) is 1.02. The molecule has 15 heavy (non-hydrogen) atoms. The molecule has 0 radical (unpaired) electrons. The van der Waals surface area contributed by atoms with Gasteiger partial charge in [-0.2, -0.15) is 0 Å². The summed E-state index contributed by atoms with van der Waals surface area (Å²) >= 11 is 0. The smallest absolute Gasteiger partial charge is 0.354 e. The molecule has 80 valence electrons. The Morgan fingerprint density at radius 2 is 2.47 bits per heavy atom. The summed E-state index contributed by atoms with van der Waals surface area (Å²) in [6.07, 6.45) is 2.61. The Labute approximate surface area is 87.8 Å². The van der Waals surface area contributed by atoms with E-state index in [-0.39, 0.29) is 5.69 Å². The fraction of sp³-hybridized carbons (Fsp3) is 0.500. The number of aromatic nitrogens is 2. The summed E-state index contributed by atoms with van der Waals surface area (Å²) in [5.41, 5.74) is 0.0551. The summed E-state index contributed by atoms with van der Waals surface area (Å²) in [6.45, 7) is 3.98. The van der Waals surface area contributed by atoms with E-state index in [0.29, 0.717) is 11.9 Å². The van der Waals surface area contributed by atoms with Crippen LogP contribution in [0.25, 0.3) is 0 Å². The predicted molar refractivity (Wildman–Crippen MR) is 55.0 cm³/mol. The molecule has 1 unspecified atom stereocenters. The zero-order valence-electron chi connectivity index (χ0n) is 8.55. The standard InChI is InChI=1S/C10H13N3O2/c1-7-3-5-13(6-7)10-11-4-2-8(12-10)9(14)15/h2,4,7H,3,5-6H2,1H3,(H,14,15). The minimum atomic E-state index is -1.01.